The fraction of sp³-hybridized carbons (Fsp3) is 0.263. The molecule has 0 fully saturated rings. The molecule has 0 bridgehead atoms. The van der Waals surface area contributed by atoms with Crippen molar-refractivity contribution in [2.45, 2.75) is 33.4 Å². The van der Waals surface area contributed by atoms with Gasteiger partial charge in [-0.15, -0.1) is 0 Å². The molecular weight excluding hydrogens is 290 g/mol. The largest absolute Gasteiger partial charge is 0.478 e. The van der Waals surface area contributed by atoms with Gasteiger partial charge in [-0.2, -0.15) is 0 Å². The van der Waals surface area contributed by atoms with Gasteiger partial charge in [0.05, 0.1) is 12.0 Å². The second kappa shape index (κ2) is 5.88. The summed E-state index contributed by atoms with van der Waals surface area (Å²) in [6.07, 6.45) is 0.377. The smallest absolute Gasteiger partial charge is 0.335 e. The first-order valence-corrected chi connectivity index (χ1v) is 7.62. The molecule has 3 rings (SSSR count). The van der Waals surface area contributed by atoms with Crippen molar-refractivity contribution in [2.75, 3.05) is 0 Å². The van der Waals surface area contributed by atoms with Gasteiger partial charge in [-0.3, -0.25) is 4.79 Å². The highest BCUT2D eigenvalue weighted by Gasteiger charge is 2.24. The lowest BCUT2D eigenvalue weighted by molar-refractivity contribution is -0.131. The molecule has 0 unspecified atom stereocenters. The number of carbonyl (C=O) groups is 2. The summed E-state index contributed by atoms with van der Waals surface area (Å²) in [5.41, 5.74) is 5.57. The van der Waals surface area contributed by atoms with Crippen LogP contribution in [0.15, 0.2) is 36.4 Å². The summed E-state index contributed by atoms with van der Waals surface area (Å²) in [5, 5.41) is 9.06. The molecule has 0 aliphatic carbocycles. The van der Waals surface area contributed by atoms with E-state index in [0.717, 1.165) is 27.8 Å². The molecule has 118 valence electrons. The van der Waals surface area contributed by atoms with E-state index >= 15 is 0 Å². The van der Waals surface area contributed by atoms with Crippen LogP contribution in [0.1, 0.15) is 38.2 Å². The average Bonchev–Trinajstić information content (AvgIpc) is 2.89. The van der Waals surface area contributed by atoms with Crippen molar-refractivity contribution in [3.8, 4) is 0 Å². The van der Waals surface area contributed by atoms with Crippen LogP contribution in [-0.2, 0) is 24.3 Å². The van der Waals surface area contributed by atoms with Crippen LogP contribution >= 0.6 is 0 Å². The van der Waals surface area contributed by atoms with Crippen LogP contribution in [-0.4, -0.2) is 21.9 Å². The third-order valence-corrected chi connectivity index (χ3v) is 4.17. The second-order valence-electron chi connectivity index (χ2n) is 6.21. The number of fused-ring (bicyclic) bond motifs is 1. The van der Waals surface area contributed by atoms with E-state index in [1.165, 1.54) is 0 Å². The fourth-order valence-electron chi connectivity index (χ4n) is 3.16. The van der Waals surface area contributed by atoms with Crippen LogP contribution in [0.2, 0.25) is 0 Å². The summed E-state index contributed by atoms with van der Waals surface area (Å²) in [4.78, 5) is 25.4. The highest BCUT2D eigenvalue weighted by Crippen LogP contribution is 2.25. The summed E-state index contributed by atoms with van der Waals surface area (Å²) in [6, 6.07) is 11.2. The maximum atomic E-state index is 12.5. The predicted octanol–water partition coefficient (Wildman–Crippen LogP) is 3.09. The van der Waals surface area contributed by atoms with Crippen molar-refractivity contribution in [3.63, 3.8) is 0 Å². The molecule has 0 spiro atoms. The van der Waals surface area contributed by atoms with E-state index in [-0.39, 0.29) is 11.5 Å². The zero-order valence-corrected chi connectivity index (χ0v) is 13.3. The molecule has 0 radical (unpaired) electrons. The molecule has 0 saturated carbocycles. The van der Waals surface area contributed by atoms with Crippen molar-refractivity contribution < 1.29 is 14.7 Å². The first-order valence-electron chi connectivity index (χ1n) is 7.62. The summed E-state index contributed by atoms with van der Waals surface area (Å²) >= 11 is 0. The number of hydrogen-bond acceptors (Lipinski definition) is 2. The maximum Gasteiger partial charge on any atom is 0.335 e. The van der Waals surface area contributed by atoms with Crippen LogP contribution in [0.4, 0.5) is 0 Å². The van der Waals surface area contributed by atoms with Crippen molar-refractivity contribution in [1.29, 1.82) is 0 Å². The number of amides is 1. The zero-order chi connectivity index (χ0) is 16.6. The number of aryl methyl sites for hydroxylation is 2. The van der Waals surface area contributed by atoms with E-state index in [0.29, 0.717) is 19.5 Å². The van der Waals surface area contributed by atoms with Gasteiger partial charge in [0.2, 0.25) is 5.91 Å². The third-order valence-electron chi connectivity index (χ3n) is 4.17. The van der Waals surface area contributed by atoms with Gasteiger partial charge in [0.25, 0.3) is 0 Å². The van der Waals surface area contributed by atoms with Crippen LogP contribution in [0, 0.1) is 13.8 Å². The standard InChI is InChI=1S/C19H19NO3/c1-12-5-13(2)7-14(6-12)8-18(21)20-10-16-4-3-15(19(22)23)9-17(16)11-20/h3-7,9H,8,10-11H2,1-2H3,(H,22,23). The Morgan fingerprint density at radius 1 is 1.00 bits per heavy atom. The number of benzene rings is 2. The van der Waals surface area contributed by atoms with Gasteiger partial charge in [-0.05, 0) is 42.7 Å². The predicted molar refractivity (Wildman–Crippen MR) is 87.3 cm³/mol. The molecular formula is C19H19NO3. The molecule has 2 aromatic rings. The Morgan fingerprint density at radius 3 is 2.30 bits per heavy atom. The number of hydrogen-bond donors (Lipinski definition) is 1. The van der Waals surface area contributed by atoms with Gasteiger partial charge < -0.3 is 10.0 Å². The quantitative estimate of drug-likeness (QED) is 0.948. The lowest BCUT2D eigenvalue weighted by Crippen LogP contribution is -2.26. The molecule has 1 aliphatic rings. The minimum atomic E-state index is -0.937. The van der Waals surface area contributed by atoms with Crippen molar-refractivity contribution >= 4 is 11.9 Å². The number of nitrogens with zero attached hydrogens (tertiary/aromatic N) is 1. The van der Waals surface area contributed by atoms with Gasteiger partial charge in [0.15, 0.2) is 0 Å². The molecule has 1 N–H and O–H groups in total. The lowest BCUT2D eigenvalue weighted by atomic mass is 10.0. The fourth-order valence-corrected chi connectivity index (χ4v) is 3.16. The number of carboxylic acid groups (broad SMARTS) is 1. The Kier molecular flexibility index (Phi) is 3.90. The highest BCUT2D eigenvalue weighted by atomic mass is 16.4. The zero-order valence-electron chi connectivity index (χ0n) is 13.3. The maximum absolute atomic E-state index is 12.5. The van der Waals surface area contributed by atoms with Crippen LogP contribution < -0.4 is 0 Å². The van der Waals surface area contributed by atoms with Crippen molar-refractivity contribution in [1.82, 2.24) is 4.90 Å². The van der Waals surface area contributed by atoms with Gasteiger partial charge in [-0.25, -0.2) is 4.79 Å². The topological polar surface area (TPSA) is 57.6 Å². The summed E-state index contributed by atoms with van der Waals surface area (Å²) in [7, 11) is 0. The van der Waals surface area contributed by atoms with E-state index in [9.17, 15) is 9.59 Å². The second-order valence-corrected chi connectivity index (χ2v) is 6.21. The Bertz CT molecular complexity index is 775. The normalized spacial score (nSPS) is 13.0. The molecule has 1 amide bonds. The molecule has 1 aliphatic heterocycles. The Labute approximate surface area is 135 Å². The van der Waals surface area contributed by atoms with Gasteiger partial charge >= 0.3 is 5.97 Å². The Balaban J connectivity index is 1.73. The van der Waals surface area contributed by atoms with E-state index in [4.69, 9.17) is 5.11 Å². The number of aromatic carboxylic acids is 1. The van der Waals surface area contributed by atoms with E-state index in [2.05, 4.69) is 6.07 Å². The summed E-state index contributed by atoms with van der Waals surface area (Å²) in [6.45, 7) is 5.10. The van der Waals surface area contributed by atoms with E-state index in [1.807, 2.05) is 32.0 Å². The van der Waals surface area contributed by atoms with Crippen LogP contribution in [0.5, 0.6) is 0 Å². The van der Waals surface area contributed by atoms with Gasteiger partial charge in [0.1, 0.15) is 0 Å². The third kappa shape index (κ3) is 3.26. The highest BCUT2D eigenvalue weighted by molar-refractivity contribution is 5.88. The lowest BCUT2D eigenvalue weighted by Gasteiger charge is -2.16. The van der Waals surface area contributed by atoms with Gasteiger partial charge in [-0.1, -0.05) is 35.4 Å². The molecule has 0 saturated heterocycles. The SMILES string of the molecule is Cc1cc(C)cc(CC(=O)N2Cc3ccc(C(=O)O)cc3C2)c1. The number of carbonyl (C=O) groups excluding carboxylic acids is 1. The van der Waals surface area contributed by atoms with E-state index in [1.54, 1.807) is 17.0 Å². The van der Waals surface area contributed by atoms with Crippen LogP contribution in [0.25, 0.3) is 0 Å². The molecule has 4 nitrogen and oxygen atoms in total. The number of rotatable bonds is 3. The summed E-state index contributed by atoms with van der Waals surface area (Å²) in [5.74, 6) is -0.865. The first-order chi connectivity index (χ1) is 10.9. The minimum absolute atomic E-state index is 0.0723. The Hall–Kier alpha value is -2.62. The molecule has 23 heavy (non-hydrogen) atoms. The van der Waals surface area contributed by atoms with E-state index < -0.39 is 5.97 Å². The van der Waals surface area contributed by atoms with Gasteiger partial charge in [0, 0.05) is 13.1 Å². The molecule has 0 atom stereocenters. The summed E-state index contributed by atoms with van der Waals surface area (Å²) < 4.78 is 0. The molecule has 0 aromatic heterocycles. The minimum Gasteiger partial charge on any atom is -0.478 e. The average molecular weight is 309 g/mol. The molecule has 1 heterocycles. The van der Waals surface area contributed by atoms with Crippen molar-refractivity contribution in [2.24, 2.45) is 0 Å². The number of carboxylic acids is 1. The molecule has 4 heteroatoms. The molecule has 2 aromatic carbocycles. The Morgan fingerprint density at radius 2 is 1.65 bits per heavy atom. The first kappa shape index (κ1) is 15.3. The van der Waals surface area contributed by atoms with Crippen molar-refractivity contribution in [3.05, 3.63) is 69.8 Å². The monoisotopic (exact) mass is 309 g/mol. The van der Waals surface area contributed by atoms with Crippen LogP contribution in [0.3, 0.4) is 0 Å².